The van der Waals surface area contributed by atoms with Gasteiger partial charge >= 0.3 is 5.97 Å². The molecule has 4 heteroatoms. The molecule has 4 nitrogen and oxygen atoms in total. The predicted molar refractivity (Wildman–Crippen MR) is 92.9 cm³/mol. The van der Waals surface area contributed by atoms with Crippen LogP contribution in [0.2, 0.25) is 0 Å². The first-order chi connectivity index (χ1) is 11.5. The molecule has 120 valence electrons. The van der Waals surface area contributed by atoms with Crippen molar-refractivity contribution in [2.75, 3.05) is 0 Å². The number of rotatable bonds is 6. The van der Waals surface area contributed by atoms with Crippen molar-refractivity contribution in [1.82, 2.24) is 0 Å². The Balaban J connectivity index is 2.15. The second kappa shape index (κ2) is 7.83. The molecule has 0 unspecified atom stereocenters. The number of carbonyl (C=O) groups is 3. The molecule has 0 spiro atoms. The first-order valence-corrected chi connectivity index (χ1v) is 7.34. The highest BCUT2D eigenvalue weighted by Gasteiger charge is 2.17. The molecular weight excluding hydrogens is 304 g/mol. The highest BCUT2D eigenvalue weighted by Crippen LogP contribution is 2.12. The summed E-state index contributed by atoms with van der Waals surface area (Å²) in [4.78, 5) is 35.0. The molecule has 0 fully saturated rings. The fourth-order valence-electron chi connectivity index (χ4n) is 2.11. The van der Waals surface area contributed by atoms with Crippen LogP contribution in [0.4, 0.5) is 0 Å². The van der Waals surface area contributed by atoms with Crippen molar-refractivity contribution in [1.29, 1.82) is 0 Å². The third kappa shape index (κ3) is 4.36. The Morgan fingerprint density at radius 2 is 1.17 bits per heavy atom. The van der Waals surface area contributed by atoms with E-state index in [1.807, 2.05) is 19.1 Å². The standard InChI is InChI=1S/C20H16O4/c1-2-3-14-4-9-16(10-5-14)19(23)20(24)17-11-6-15(7-12-17)8-13-18(21)22/h2-13H,1H3,(H,21,22)/b3-2+,13-8+. The lowest BCUT2D eigenvalue weighted by atomic mass is 9.99. The Labute approximate surface area is 139 Å². The van der Waals surface area contributed by atoms with E-state index in [-0.39, 0.29) is 5.56 Å². The van der Waals surface area contributed by atoms with Gasteiger partial charge < -0.3 is 5.11 Å². The Hall–Kier alpha value is -3.27. The second-order valence-electron chi connectivity index (χ2n) is 5.07. The number of carboxylic acids is 1. The van der Waals surface area contributed by atoms with Crippen molar-refractivity contribution in [3.05, 3.63) is 82.9 Å². The van der Waals surface area contributed by atoms with Crippen LogP contribution < -0.4 is 0 Å². The van der Waals surface area contributed by atoms with Crippen molar-refractivity contribution in [2.45, 2.75) is 6.92 Å². The number of benzene rings is 2. The van der Waals surface area contributed by atoms with E-state index >= 15 is 0 Å². The molecule has 0 saturated carbocycles. The summed E-state index contributed by atoms with van der Waals surface area (Å²) in [5.74, 6) is -2.22. The Bertz CT molecular complexity index is 810. The van der Waals surface area contributed by atoms with Gasteiger partial charge in [0.05, 0.1) is 0 Å². The summed E-state index contributed by atoms with van der Waals surface area (Å²) in [6, 6.07) is 13.0. The van der Waals surface area contributed by atoms with Gasteiger partial charge in [0.1, 0.15) is 0 Å². The predicted octanol–water partition coefficient (Wildman–Crippen LogP) is 3.88. The Morgan fingerprint density at radius 3 is 1.54 bits per heavy atom. The number of carbonyl (C=O) groups excluding carboxylic acids is 2. The zero-order chi connectivity index (χ0) is 17.5. The average Bonchev–Trinajstić information content (AvgIpc) is 2.60. The maximum Gasteiger partial charge on any atom is 0.328 e. The van der Waals surface area contributed by atoms with Crippen molar-refractivity contribution in [3.8, 4) is 0 Å². The van der Waals surface area contributed by atoms with Gasteiger partial charge in [-0.1, -0.05) is 60.7 Å². The second-order valence-corrected chi connectivity index (χ2v) is 5.07. The molecule has 0 aliphatic carbocycles. The Kier molecular flexibility index (Phi) is 5.58. The average molecular weight is 320 g/mol. The summed E-state index contributed by atoms with van der Waals surface area (Å²) >= 11 is 0. The number of hydrogen-bond donors (Lipinski definition) is 1. The summed E-state index contributed by atoms with van der Waals surface area (Å²) in [5.41, 5.74) is 2.20. The molecule has 0 amide bonds. The number of allylic oxidation sites excluding steroid dienone is 1. The Morgan fingerprint density at radius 1 is 0.750 bits per heavy atom. The molecule has 0 aromatic heterocycles. The quantitative estimate of drug-likeness (QED) is 0.498. The first kappa shape index (κ1) is 17.1. The molecule has 0 bridgehead atoms. The van der Waals surface area contributed by atoms with E-state index in [9.17, 15) is 14.4 Å². The van der Waals surface area contributed by atoms with Gasteiger partial charge in [0.2, 0.25) is 11.6 Å². The maximum absolute atomic E-state index is 12.3. The smallest absolute Gasteiger partial charge is 0.328 e. The molecule has 2 aromatic carbocycles. The van der Waals surface area contributed by atoms with Crippen LogP contribution in [0.15, 0.2) is 60.7 Å². The molecule has 0 saturated heterocycles. The van der Waals surface area contributed by atoms with E-state index in [0.29, 0.717) is 11.1 Å². The lowest BCUT2D eigenvalue weighted by Gasteiger charge is -2.02. The molecule has 0 heterocycles. The van der Waals surface area contributed by atoms with E-state index in [1.54, 1.807) is 36.4 Å². The van der Waals surface area contributed by atoms with Gasteiger partial charge in [-0.2, -0.15) is 0 Å². The van der Waals surface area contributed by atoms with E-state index in [2.05, 4.69) is 0 Å². The molecule has 2 rings (SSSR count). The van der Waals surface area contributed by atoms with Crippen LogP contribution in [0, 0.1) is 0 Å². The first-order valence-electron chi connectivity index (χ1n) is 7.34. The van der Waals surface area contributed by atoms with Gasteiger partial charge in [0.15, 0.2) is 0 Å². The van der Waals surface area contributed by atoms with E-state index < -0.39 is 17.5 Å². The van der Waals surface area contributed by atoms with E-state index in [4.69, 9.17) is 5.11 Å². The molecule has 0 aliphatic heterocycles. The largest absolute Gasteiger partial charge is 0.478 e. The fraction of sp³-hybridized carbons (Fsp3) is 0.0500. The summed E-state index contributed by atoms with van der Waals surface area (Å²) in [5, 5.41) is 8.58. The topological polar surface area (TPSA) is 71.4 Å². The van der Waals surface area contributed by atoms with Crippen molar-refractivity contribution < 1.29 is 19.5 Å². The molecule has 2 aromatic rings. The van der Waals surface area contributed by atoms with Gasteiger partial charge in [0, 0.05) is 17.2 Å². The molecule has 0 aliphatic rings. The summed E-state index contributed by atoms with van der Waals surface area (Å²) in [6.07, 6.45) is 6.22. The number of carboxylic acid groups (broad SMARTS) is 1. The van der Waals surface area contributed by atoms with E-state index in [0.717, 1.165) is 11.6 Å². The maximum atomic E-state index is 12.3. The highest BCUT2D eigenvalue weighted by molar-refractivity contribution is 6.49. The number of aliphatic carboxylic acids is 1. The molecule has 0 radical (unpaired) electrons. The number of hydrogen-bond acceptors (Lipinski definition) is 3. The summed E-state index contributed by atoms with van der Waals surface area (Å²) < 4.78 is 0. The minimum atomic E-state index is -1.05. The van der Waals surface area contributed by atoms with Crippen molar-refractivity contribution in [3.63, 3.8) is 0 Å². The van der Waals surface area contributed by atoms with E-state index in [1.165, 1.54) is 18.2 Å². The molecular formula is C20H16O4. The fourth-order valence-corrected chi connectivity index (χ4v) is 2.11. The van der Waals surface area contributed by atoms with Crippen LogP contribution in [0.25, 0.3) is 12.2 Å². The lowest BCUT2D eigenvalue weighted by molar-refractivity contribution is -0.131. The third-order valence-electron chi connectivity index (χ3n) is 3.33. The van der Waals surface area contributed by atoms with Crippen LogP contribution in [0.5, 0.6) is 0 Å². The van der Waals surface area contributed by atoms with Crippen molar-refractivity contribution >= 4 is 29.7 Å². The highest BCUT2D eigenvalue weighted by atomic mass is 16.4. The van der Waals surface area contributed by atoms with Crippen LogP contribution in [-0.2, 0) is 4.79 Å². The number of Topliss-reactive ketones (excluding diaryl/α,β-unsaturated/α-hetero) is 2. The van der Waals surface area contributed by atoms with Gasteiger partial charge in [-0.3, -0.25) is 9.59 Å². The van der Waals surface area contributed by atoms with Gasteiger partial charge in [-0.25, -0.2) is 4.79 Å². The summed E-state index contributed by atoms with van der Waals surface area (Å²) in [6.45, 7) is 1.90. The van der Waals surface area contributed by atoms with Gasteiger partial charge in [-0.15, -0.1) is 0 Å². The summed E-state index contributed by atoms with van der Waals surface area (Å²) in [7, 11) is 0. The van der Waals surface area contributed by atoms with Gasteiger partial charge in [0.25, 0.3) is 0 Å². The van der Waals surface area contributed by atoms with Crippen molar-refractivity contribution in [2.24, 2.45) is 0 Å². The minimum absolute atomic E-state index is 0.269. The number of ketones is 2. The SMILES string of the molecule is C/C=C/c1ccc(C(=O)C(=O)c2ccc(/C=C/C(=O)O)cc2)cc1. The zero-order valence-corrected chi connectivity index (χ0v) is 13.1. The van der Waals surface area contributed by atoms with Crippen LogP contribution in [0.3, 0.4) is 0 Å². The minimum Gasteiger partial charge on any atom is -0.478 e. The monoisotopic (exact) mass is 320 g/mol. The van der Waals surface area contributed by atoms with Crippen LogP contribution in [0.1, 0.15) is 38.8 Å². The van der Waals surface area contributed by atoms with Gasteiger partial charge in [-0.05, 0) is 24.1 Å². The molecule has 0 atom stereocenters. The van der Waals surface area contributed by atoms with Crippen LogP contribution >= 0.6 is 0 Å². The third-order valence-corrected chi connectivity index (χ3v) is 3.33. The van der Waals surface area contributed by atoms with Crippen LogP contribution in [-0.4, -0.2) is 22.6 Å². The lowest BCUT2D eigenvalue weighted by Crippen LogP contribution is -2.14. The molecule has 24 heavy (non-hydrogen) atoms. The zero-order valence-electron chi connectivity index (χ0n) is 13.1. The normalized spacial score (nSPS) is 11.0. The molecule has 1 N–H and O–H groups in total.